The Kier molecular flexibility index (Phi) is 6.71. The summed E-state index contributed by atoms with van der Waals surface area (Å²) < 4.78 is 0. The van der Waals surface area contributed by atoms with Gasteiger partial charge in [0.15, 0.2) is 11.6 Å². The van der Waals surface area contributed by atoms with E-state index >= 15 is 0 Å². The van der Waals surface area contributed by atoms with E-state index in [0.29, 0.717) is 11.1 Å². The maximum absolute atomic E-state index is 13.9. The molecule has 0 aliphatic heterocycles. The average Bonchev–Trinajstić information content (AvgIpc) is 2.94. The zero-order chi connectivity index (χ0) is 26.8. The summed E-state index contributed by atoms with van der Waals surface area (Å²) in [4.78, 5) is 50.8. The summed E-state index contributed by atoms with van der Waals surface area (Å²) in [5, 5.41) is 18.7. The molecule has 38 heavy (non-hydrogen) atoms. The Labute approximate surface area is 219 Å². The third-order valence-corrected chi connectivity index (χ3v) is 7.35. The lowest BCUT2D eigenvalue weighted by atomic mass is 9.49. The number of carbonyl (C=O) groups excluding carboxylic acids is 2. The van der Waals surface area contributed by atoms with Crippen LogP contribution in [0.5, 0.6) is 0 Å². The van der Waals surface area contributed by atoms with E-state index in [1.54, 1.807) is 72.8 Å². The van der Waals surface area contributed by atoms with Crippen LogP contribution in [0.15, 0.2) is 109 Å². The second-order valence-electron chi connectivity index (χ2n) is 9.42. The van der Waals surface area contributed by atoms with Gasteiger partial charge in [0.25, 0.3) is 0 Å². The first-order chi connectivity index (χ1) is 18.4. The predicted molar refractivity (Wildman–Crippen MR) is 141 cm³/mol. The molecule has 0 saturated heterocycles. The van der Waals surface area contributed by atoms with Gasteiger partial charge in [-0.25, -0.2) is 9.59 Å². The molecule has 0 radical (unpaired) electrons. The Balaban J connectivity index is 1.65. The van der Waals surface area contributed by atoms with Crippen molar-refractivity contribution in [3.8, 4) is 0 Å². The molecule has 0 aromatic heterocycles. The number of rotatable bonds is 8. The van der Waals surface area contributed by atoms with E-state index in [0.717, 1.165) is 11.1 Å². The number of ketones is 2. The third kappa shape index (κ3) is 4.52. The highest BCUT2D eigenvalue weighted by Gasteiger charge is 2.57. The summed E-state index contributed by atoms with van der Waals surface area (Å²) in [6.45, 7) is 0. The molecule has 4 aromatic rings. The summed E-state index contributed by atoms with van der Waals surface area (Å²) in [7, 11) is 0. The summed E-state index contributed by atoms with van der Waals surface area (Å²) >= 11 is 0. The van der Waals surface area contributed by atoms with Crippen molar-refractivity contribution in [2.24, 2.45) is 11.8 Å². The molecule has 4 atom stereocenters. The molecule has 0 heterocycles. The molecule has 4 aromatic carbocycles. The fourth-order valence-corrected chi connectivity index (χ4v) is 5.52. The van der Waals surface area contributed by atoms with Crippen LogP contribution in [0, 0.1) is 11.8 Å². The Morgan fingerprint density at radius 3 is 1.03 bits per heavy atom. The molecule has 1 aliphatic carbocycles. The molecule has 0 amide bonds. The van der Waals surface area contributed by atoms with Crippen molar-refractivity contribution < 1.29 is 29.4 Å². The fraction of sp³-hybridized carbons (Fsp3) is 0.125. The number of benzene rings is 4. The molecule has 188 valence electrons. The van der Waals surface area contributed by atoms with E-state index in [2.05, 4.69) is 0 Å². The third-order valence-electron chi connectivity index (χ3n) is 7.35. The normalized spacial score (nSPS) is 20.2. The van der Waals surface area contributed by atoms with Crippen LogP contribution in [0.25, 0.3) is 0 Å². The monoisotopic (exact) mass is 504 g/mol. The van der Waals surface area contributed by atoms with Gasteiger partial charge < -0.3 is 10.2 Å². The van der Waals surface area contributed by atoms with E-state index < -0.39 is 35.6 Å². The van der Waals surface area contributed by atoms with Crippen molar-refractivity contribution in [1.29, 1.82) is 0 Å². The number of carboxylic acids is 2. The molecule has 0 unspecified atom stereocenters. The molecule has 0 spiro atoms. The lowest BCUT2D eigenvalue weighted by Crippen LogP contribution is -2.51. The minimum atomic E-state index is -1.06. The Morgan fingerprint density at radius 1 is 0.421 bits per heavy atom. The largest absolute Gasteiger partial charge is 0.478 e. The van der Waals surface area contributed by atoms with Gasteiger partial charge in [-0.15, -0.1) is 0 Å². The molecular formula is C32H24O6. The Hall–Kier alpha value is -4.84. The highest BCUT2D eigenvalue weighted by molar-refractivity contribution is 6.07. The van der Waals surface area contributed by atoms with E-state index in [1.165, 1.54) is 24.3 Å². The highest BCUT2D eigenvalue weighted by atomic mass is 16.4. The van der Waals surface area contributed by atoms with Crippen molar-refractivity contribution in [3.05, 3.63) is 143 Å². The van der Waals surface area contributed by atoms with E-state index in [-0.39, 0.29) is 22.7 Å². The minimum Gasteiger partial charge on any atom is -0.478 e. The fourth-order valence-electron chi connectivity index (χ4n) is 5.52. The van der Waals surface area contributed by atoms with Crippen molar-refractivity contribution in [3.63, 3.8) is 0 Å². The lowest BCUT2D eigenvalue weighted by molar-refractivity contribution is 0.0456. The van der Waals surface area contributed by atoms with Crippen molar-refractivity contribution >= 4 is 23.5 Å². The Morgan fingerprint density at radius 2 is 0.737 bits per heavy atom. The van der Waals surface area contributed by atoms with Crippen LogP contribution in [0.1, 0.15) is 64.4 Å². The zero-order valence-corrected chi connectivity index (χ0v) is 20.2. The van der Waals surface area contributed by atoms with E-state index in [1.807, 2.05) is 12.1 Å². The van der Waals surface area contributed by atoms with Gasteiger partial charge >= 0.3 is 11.9 Å². The molecule has 1 aliphatic rings. The molecular weight excluding hydrogens is 480 g/mol. The maximum atomic E-state index is 13.9. The summed E-state index contributed by atoms with van der Waals surface area (Å²) in [5.74, 6) is -4.65. The summed E-state index contributed by atoms with van der Waals surface area (Å²) in [6, 6.07) is 30.4. The first kappa shape index (κ1) is 24.8. The zero-order valence-electron chi connectivity index (χ0n) is 20.2. The topological polar surface area (TPSA) is 109 Å². The summed E-state index contributed by atoms with van der Waals surface area (Å²) in [5.41, 5.74) is 2.73. The number of carbonyl (C=O) groups is 4. The summed E-state index contributed by atoms with van der Waals surface area (Å²) in [6.07, 6.45) is 0. The maximum Gasteiger partial charge on any atom is 0.335 e. The number of aromatic carboxylic acids is 2. The lowest BCUT2D eigenvalue weighted by Gasteiger charge is -2.51. The van der Waals surface area contributed by atoms with Crippen LogP contribution in [-0.4, -0.2) is 33.7 Å². The SMILES string of the molecule is O=C(O)c1ccc([C@@H]2[C@@H](C(=O)c3ccccc3)[C@H](C(=O)c3ccccc3)[C@H]2c2ccc(C(=O)O)cc2)cc1. The van der Waals surface area contributed by atoms with Crippen LogP contribution in [0.4, 0.5) is 0 Å². The van der Waals surface area contributed by atoms with Gasteiger partial charge in [0.1, 0.15) is 0 Å². The van der Waals surface area contributed by atoms with Gasteiger partial charge in [-0.2, -0.15) is 0 Å². The van der Waals surface area contributed by atoms with Gasteiger partial charge in [0, 0.05) is 34.8 Å². The van der Waals surface area contributed by atoms with Crippen molar-refractivity contribution in [1.82, 2.24) is 0 Å². The van der Waals surface area contributed by atoms with Crippen LogP contribution in [0.2, 0.25) is 0 Å². The smallest absolute Gasteiger partial charge is 0.335 e. The molecule has 0 bridgehead atoms. The molecule has 6 nitrogen and oxygen atoms in total. The van der Waals surface area contributed by atoms with Crippen molar-refractivity contribution in [2.45, 2.75) is 11.8 Å². The second kappa shape index (κ2) is 10.3. The van der Waals surface area contributed by atoms with Crippen LogP contribution in [-0.2, 0) is 0 Å². The van der Waals surface area contributed by atoms with Crippen molar-refractivity contribution in [2.75, 3.05) is 0 Å². The molecule has 5 rings (SSSR count). The van der Waals surface area contributed by atoms with Gasteiger partial charge in [-0.1, -0.05) is 84.9 Å². The standard InChI is InChI=1S/C32H24O6/c33-29(21-7-3-1-4-8-21)27-25(19-11-15-23(16-12-19)31(35)36)26(20-13-17-24(18-14-20)32(37)38)28(27)30(34)22-9-5-2-6-10-22/h1-18,25-28H,(H,35,36)(H,37,38)/t25-,26-,27+,28+/m0/s1. The molecule has 2 N–H and O–H groups in total. The van der Waals surface area contributed by atoms with Crippen LogP contribution >= 0.6 is 0 Å². The number of hydrogen-bond donors (Lipinski definition) is 2. The van der Waals surface area contributed by atoms with Crippen LogP contribution < -0.4 is 0 Å². The molecule has 6 heteroatoms. The van der Waals surface area contributed by atoms with Gasteiger partial charge in [-0.05, 0) is 35.4 Å². The minimum absolute atomic E-state index is 0.123. The predicted octanol–water partition coefficient (Wildman–Crippen LogP) is 5.96. The average molecular weight is 505 g/mol. The molecule has 1 fully saturated rings. The molecule has 1 saturated carbocycles. The quantitative estimate of drug-likeness (QED) is 0.287. The van der Waals surface area contributed by atoms with Gasteiger partial charge in [0.2, 0.25) is 0 Å². The first-order valence-corrected chi connectivity index (χ1v) is 12.2. The van der Waals surface area contributed by atoms with Crippen LogP contribution in [0.3, 0.4) is 0 Å². The second-order valence-corrected chi connectivity index (χ2v) is 9.42. The number of Topliss-reactive ketones (excluding diaryl/α,β-unsaturated/α-hetero) is 2. The number of carboxylic acid groups (broad SMARTS) is 2. The van der Waals surface area contributed by atoms with Gasteiger partial charge in [-0.3, -0.25) is 9.59 Å². The Bertz CT molecular complexity index is 1370. The van der Waals surface area contributed by atoms with E-state index in [9.17, 15) is 29.4 Å². The van der Waals surface area contributed by atoms with E-state index in [4.69, 9.17) is 0 Å². The van der Waals surface area contributed by atoms with Gasteiger partial charge in [0.05, 0.1) is 11.1 Å². The first-order valence-electron chi connectivity index (χ1n) is 12.2. The number of hydrogen-bond acceptors (Lipinski definition) is 4. The highest BCUT2D eigenvalue weighted by Crippen LogP contribution is 2.59.